The second-order valence-electron chi connectivity index (χ2n) is 13.5. The Bertz CT molecular complexity index is 2320. The van der Waals surface area contributed by atoms with Gasteiger partial charge < -0.3 is 0 Å². The summed E-state index contributed by atoms with van der Waals surface area (Å²) in [4.78, 5) is 9.15. The largest absolute Gasteiger partial charge is 0.203 e. The van der Waals surface area contributed by atoms with Crippen LogP contribution in [0.25, 0.3) is 51.4 Å². The fourth-order valence-corrected chi connectivity index (χ4v) is 28.3. The predicted molar refractivity (Wildman–Crippen MR) is 218 cm³/mol. The third-order valence-electron chi connectivity index (χ3n) is 10.6. The molecule has 1 aromatic carbocycles. The van der Waals surface area contributed by atoms with Crippen LogP contribution in [0.2, 0.25) is 24.2 Å². The maximum atomic E-state index is 16.8. The molecule has 0 aliphatic carbocycles. The van der Waals surface area contributed by atoms with E-state index in [4.69, 9.17) is 0 Å². The molecule has 0 bridgehead atoms. The second kappa shape index (κ2) is 12.7. The molecule has 49 heavy (non-hydrogen) atoms. The third kappa shape index (κ3) is 4.81. The summed E-state index contributed by atoms with van der Waals surface area (Å²) < 4.78 is 43.0. The standard InChI is InChI=1S/C38H38F2N2S5Si2/c1-7-12-22-18-26-36(44-22)38-28(49(26,15-10-4)16-11-5)20-24(46-38)30-32(40)31(39)29(33-34(30)42-47-41-33)23-19-27-37(45-23)35-25(17-21(6)43-35)48(27,13-8-2)14-9-3/h17-20H,8-11,13-16H2,1-6H3. The van der Waals surface area contributed by atoms with Crippen LogP contribution in [0.3, 0.4) is 0 Å². The Morgan fingerprint density at radius 2 is 1.04 bits per heavy atom. The van der Waals surface area contributed by atoms with Crippen LogP contribution < -0.4 is 20.7 Å². The highest BCUT2D eigenvalue weighted by Gasteiger charge is 2.49. The van der Waals surface area contributed by atoms with Crippen molar-refractivity contribution in [3.8, 4) is 52.2 Å². The number of nitrogens with zero attached hydrogens (tertiary/aromatic N) is 2. The van der Waals surface area contributed by atoms with E-state index in [1.165, 1.54) is 52.0 Å². The molecule has 2 aliphatic heterocycles. The Balaban J connectivity index is 1.31. The van der Waals surface area contributed by atoms with Gasteiger partial charge in [-0.3, -0.25) is 0 Å². The maximum Gasteiger partial charge on any atom is 0.170 e. The average molecular weight is 777 g/mol. The molecule has 0 N–H and O–H groups in total. The number of fused-ring (bicyclic) bond motifs is 7. The smallest absolute Gasteiger partial charge is 0.170 e. The number of aryl methyl sites for hydroxylation is 1. The summed E-state index contributed by atoms with van der Waals surface area (Å²) in [7, 11) is -4.09. The molecule has 0 saturated heterocycles. The van der Waals surface area contributed by atoms with E-state index >= 15 is 8.78 Å². The molecule has 6 aromatic rings. The molecule has 0 radical (unpaired) electrons. The number of benzene rings is 1. The van der Waals surface area contributed by atoms with E-state index < -0.39 is 27.8 Å². The zero-order valence-corrected chi connectivity index (χ0v) is 34.7. The molecular weight excluding hydrogens is 739 g/mol. The molecule has 0 atom stereocenters. The van der Waals surface area contributed by atoms with Gasteiger partial charge in [-0.15, -0.1) is 51.3 Å². The maximum absolute atomic E-state index is 16.8. The Morgan fingerprint density at radius 3 is 1.51 bits per heavy atom. The van der Waals surface area contributed by atoms with Gasteiger partial charge in [0.15, 0.2) is 11.6 Å². The van der Waals surface area contributed by atoms with Gasteiger partial charge in [0.25, 0.3) is 0 Å². The quantitative estimate of drug-likeness (QED) is 0.102. The van der Waals surface area contributed by atoms with E-state index in [0.29, 0.717) is 11.0 Å². The SMILES string of the molecule is CC#Cc1cc2c(s1)-c1sc(-c3c(F)c(F)c(-c4cc5c(s4)-c4sc(C)cc4[Si]5(CCC)CCC)c4nsnc34)cc1[Si]2(CCC)CCC. The van der Waals surface area contributed by atoms with E-state index in [1.807, 2.05) is 18.3 Å². The molecule has 5 aromatic heterocycles. The first-order chi connectivity index (χ1) is 23.8. The van der Waals surface area contributed by atoms with Gasteiger partial charge in [-0.05, 0) is 83.0 Å². The summed E-state index contributed by atoms with van der Waals surface area (Å²) in [6.07, 6.45) is 4.43. The number of hydrogen-bond acceptors (Lipinski definition) is 7. The lowest BCUT2D eigenvalue weighted by atomic mass is 10.0. The van der Waals surface area contributed by atoms with E-state index in [2.05, 4.69) is 79.5 Å². The number of thiophene rings is 4. The molecule has 8 rings (SSSR count). The molecule has 0 amide bonds. The number of hydrogen-bond donors (Lipinski definition) is 0. The predicted octanol–water partition coefficient (Wildman–Crippen LogP) is 11.0. The zero-order valence-electron chi connectivity index (χ0n) is 28.7. The van der Waals surface area contributed by atoms with E-state index in [0.717, 1.165) is 64.1 Å². The summed E-state index contributed by atoms with van der Waals surface area (Å²) in [6, 6.07) is 13.8. The fourth-order valence-electron chi connectivity index (χ4n) is 8.93. The minimum Gasteiger partial charge on any atom is -0.203 e. The number of aromatic nitrogens is 2. The van der Waals surface area contributed by atoms with E-state index in [9.17, 15) is 0 Å². The Hall–Kier alpha value is -2.31. The molecule has 0 saturated carbocycles. The average Bonchev–Trinajstić information content (AvgIpc) is 3.92. The molecule has 2 nitrogen and oxygen atoms in total. The highest BCUT2D eigenvalue weighted by Crippen LogP contribution is 2.50. The van der Waals surface area contributed by atoms with Crippen molar-refractivity contribution in [2.24, 2.45) is 0 Å². The van der Waals surface area contributed by atoms with Crippen molar-refractivity contribution in [2.75, 3.05) is 0 Å². The van der Waals surface area contributed by atoms with Gasteiger partial charge in [0.1, 0.15) is 27.2 Å². The molecule has 0 fully saturated rings. The topological polar surface area (TPSA) is 25.8 Å². The van der Waals surface area contributed by atoms with Gasteiger partial charge in [0.05, 0.1) is 27.7 Å². The molecule has 0 unspecified atom stereocenters. The van der Waals surface area contributed by atoms with Crippen molar-refractivity contribution in [1.29, 1.82) is 0 Å². The van der Waals surface area contributed by atoms with Crippen LogP contribution in [0.4, 0.5) is 8.78 Å². The second-order valence-corrected chi connectivity index (χ2v) is 27.0. The highest BCUT2D eigenvalue weighted by atomic mass is 32.1. The lowest BCUT2D eigenvalue weighted by Gasteiger charge is -2.27. The van der Waals surface area contributed by atoms with Crippen molar-refractivity contribution >= 4 is 105 Å². The van der Waals surface area contributed by atoms with Crippen molar-refractivity contribution in [2.45, 2.75) is 91.4 Å². The number of rotatable bonds is 10. The summed E-state index contributed by atoms with van der Waals surface area (Å²) in [5, 5.41) is 5.86. The van der Waals surface area contributed by atoms with Crippen LogP contribution in [0, 0.1) is 30.4 Å². The van der Waals surface area contributed by atoms with Crippen molar-refractivity contribution in [3.05, 3.63) is 45.7 Å². The van der Waals surface area contributed by atoms with Crippen LogP contribution in [-0.4, -0.2) is 24.9 Å². The molecule has 0 spiro atoms. The van der Waals surface area contributed by atoms with Gasteiger partial charge >= 0.3 is 0 Å². The lowest BCUT2D eigenvalue weighted by molar-refractivity contribution is 0.516. The lowest BCUT2D eigenvalue weighted by Crippen LogP contribution is -2.54. The van der Waals surface area contributed by atoms with Crippen LogP contribution in [0.5, 0.6) is 0 Å². The van der Waals surface area contributed by atoms with Crippen molar-refractivity contribution in [3.63, 3.8) is 0 Å². The van der Waals surface area contributed by atoms with Crippen LogP contribution in [0.1, 0.15) is 70.1 Å². The first-order valence-corrected chi connectivity index (χ1v) is 26.2. The van der Waals surface area contributed by atoms with Crippen LogP contribution in [-0.2, 0) is 0 Å². The van der Waals surface area contributed by atoms with Crippen LogP contribution >= 0.6 is 57.1 Å². The Morgan fingerprint density at radius 1 is 0.612 bits per heavy atom. The van der Waals surface area contributed by atoms with Crippen molar-refractivity contribution < 1.29 is 8.78 Å². The summed E-state index contributed by atoms with van der Waals surface area (Å²) in [6.45, 7) is 13.2. The molecule has 7 heterocycles. The Labute approximate surface area is 309 Å². The van der Waals surface area contributed by atoms with E-state index in [1.54, 1.807) is 39.2 Å². The van der Waals surface area contributed by atoms with Gasteiger partial charge in [0.2, 0.25) is 0 Å². The minimum atomic E-state index is -2.09. The number of halogens is 2. The molecule has 2 aliphatic rings. The van der Waals surface area contributed by atoms with Gasteiger partial charge in [-0.2, -0.15) is 8.75 Å². The normalized spacial score (nSPS) is 14.9. The summed E-state index contributed by atoms with van der Waals surface area (Å²) in [5.41, 5.74) is 1.51. The van der Waals surface area contributed by atoms with Gasteiger partial charge in [0, 0.05) is 34.1 Å². The van der Waals surface area contributed by atoms with Crippen molar-refractivity contribution in [1.82, 2.24) is 8.75 Å². The summed E-state index contributed by atoms with van der Waals surface area (Å²) >= 11 is 7.91. The van der Waals surface area contributed by atoms with Gasteiger partial charge in [-0.1, -0.05) is 59.3 Å². The Kier molecular flexibility index (Phi) is 8.78. The first-order valence-electron chi connectivity index (χ1n) is 17.4. The molecular formula is C38H38F2N2S5Si2. The fraction of sp³-hybridized carbons (Fsp3) is 0.368. The third-order valence-corrected chi connectivity index (χ3v) is 27.7. The monoisotopic (exact) mass is 776 g/mol. The zero-order chi connectivity index (χ0) is 34.2. The summed E-state index contributed by atoms with van der Waals surface area (Å²) in [5.74, 6) is 4.78. The highest BCUT2D eigenvalue weighted by molar-refractivity contribution is 7.31. The molecule has 252 valence electrons. The minimum absolute atomic E-state index is 0.271. The van der Waals surface area contributed by atoms with E-state index in [-0.39, 0.29) is 11.1 Å². The van der Waals surface area contributed by atoms with Gasteiger partial charge in [-0.25, -0.2) is 8.78 Å². The first kappa shape index (κ1) is 33.8. The van der Waals surface area contributed by atoms with Crippen LogP contribution in [0.15, 0.2) is 24.3 Å². The molecule has 11 heteroatoms.